The molecule has 0 aromatic heterocycles. The number of rotatable bonds is 6. The van der Waals surface area contributed by atoms with Crippen molar-refractivity contribution >= 4 is 28.2 Å². The SMILES string of the molecule is CC(C)CC(CN)NC(=O)c1ccc(S(C)(=O)=O)cc1.Cl. The summed E-state index contributed by atoms with van der Waals surface area (Å²) in [5.41, 5.74) is 6.06. The zero-order valence-corrected chi connectivity index (χ0v) is 14.1. The molecule has 1 aromatic carbocycles. The van der Waals surface area contributed by atoms with E-state index in [1.807, 2.05) is 0 Å². The molecule has 0 aliphatic heterocycles. The standard InChI is InChI=1S/C14H22N2O3S.ClH/c1-10(2)8-12(9-15)16-14(17)11-4-6-13(7-5-11)20(3,18)19;/h4-7,10,12H,8-9,15H2,1-3H3,(H,16,17);1H. The molecule has 0 saturated heterocycles. The minimum atomic E-state index is -3.24. The van der Waals surface area contributed by atoms with Gasteiger partial charge in [-0.1, -0.05) is 13.8 Å². The highest BCUT2D eigenvalue weighted by Gasteiger charge is 2.14. The van der Waals surface area contributed by atoms with E-state index in [1.165, 1.54) is 24.3 Å². The minimum Gasteiger partial charge on any atom is -0.348 e. The van der Waals surface area contributed by atoms with Crippen molar-refractivity contribution in [3.63, 3.8) is 0 Å². The minimum absolute atomic E-state index is 0. The van der Waals surface area contributed by atoms with E-state index in [0.717, 1.165) is 12.7 Å². The van der Waals surface area contributed by atoms with Gasteiger partial charge >= 0.3 is 0 Å². The summed E-state index contributed by atoms with van der Waals surface area (Å²) in [4.78, 5) is 12.2. The fraction of sp³-hybridized carbons (Fsp3) is 0.500. The Kier molecular flexibility index (Phi) is 7.92. The van der Waals surface area contributed by atoms with Gasteiger partial charge < -0.3 is 11.1 Å². The topological polar surface area (TPSA) is 89.3 Å². The van der Waals surface area contributed by atoms with Crippen molar-refractivity contribution < 1.29 is 13.2 Å². The van der Waals surface area contributed by atoms with Crippen LogP contribution in [0.1, 0.15) is 30.6 Å². The van der Waals surface area contributed by atoms with E-state index in [-0.39, 0.29) is 29.3 Å². The van der Waals surface area contributed by atoms with E-state index in [1.54, 1.807) is 0 Å². The molecule has 120 valence electrons. The number of carbonyl (C=O) groups is 1. The molecule has 1 unspecified atom stereocenters. The van der Waals surface area contributed by atoms with Crippen LogP contribution in [0.25, 0.3) is 0 Å². The van der Waals surface area contributed by atoms with Crippen molar-refractivity contribution in [3.05, 3.63) is 29.8 Å². The third-order valence-electron chi connectivity index (χ3n) is 2.92. The van der Waals surface area contributed by atoms with E-state index in [9.17, 15) is 13.2 Å². The third kappa shape index (κ3) is 6.46. The van der Waals surface area contributed by atoms with E-state index in [4.69, 9.17) is 5.73 Å². The molecule has 0 fully saturated rings. The smallest absolute Gasteiger partial charge is 0.251 e. The van der Waals surface area contributed by atoms with Crippen LogP contribution in [-0.2, 0) is 9.84 Å². The molecular weight excluding hydrogens is 312 g/mol. The fourth-order valence-corrected chi connectivity index (χ4v) is 2.54. The molecule has 21 heavy (non-hydrogen) atoms. The second-order valence-electron chi connectivity index (χ2n) is 5.33. The Labute approximate surface area is 132 Å². The first kappa shape index (κ1) is 19.9. The predicted octanol–water partition coefficient (Wildman–Crippen LogP) is 1.62. The molecule has 0 saturated carbocycles. The lowest BCUT2D eigenvalue weighted by atomic mass is 10.0. The maximum absolute atomic E-state index is 12.0. The Balaban J connectivity index is 0.00000400. The number of amides is 1. The maximum Gasteiger partial charge on any atom is 0.251 e. The Bertz CT molecular complexity index is 556. The number of hydrogen-bond acceptors (Lipinski definition) is 4. The molecule has 0 aliphatic rings. The van der Waals surface area contributed by atoms with Crippen LogP contribution in [0.15, 0.2) is 29.2 Å². The Morgan fingerprint density at radius 1 is 1.24 bits per heavy atom. The lowest BCUT2D eigenvalue weighted by Gasteiger charge is -2.18. The van der Waals surface area contributed by atoms with Crippen LogP contribution in [0, 0.1) is 5.92 Å². The molecule has 1 aromatic rings. The second kappa shape index (κ2) is 8.36. The average Bonchev–Trinajstić information content (AvgIpc) is 2.36. The molecule has 1 amide bonds. The molecule has 0 spiro atoms. The van der Waals surface area contributed by atoms with Gasteiger partial charge in [0, 0.05) is 24.4 Å². The number of nitrogens with one attached hydrogen (secondary N) is 1. The van der Waals surface area contributed by atoms with Gasteiger partial charge in [0.2, 0.25) is 0 Å². The van der Waals surface area contributed by atoms with E-state index in [0.29, 0.717) is 18.0 Å². The van der Waals surface area contributed by atoms with Crippen molar-refractivity contribution in [2.75, 3.05) is 12.8 Å². The van der Waals surface area contributed by atoms with Crippen molar-refractivity contribution in [2.24, 2.45) is 11.7 Å². The van der Waals surface area contributed by atoms with Crippen LogP contribution < -0.4 is 11.1 Å². The van der Waals surface area contributed by atoms with Gasteiger partial charge in [0.25, 0.3) is 5.91 Å². The largest absolute Gasteiger partial charge is 0.348 e. The number of sulfone groups is 1. The lowest BCUT2D eigenvalue weighted by Crippen LogP contribution is -2.41. The van der Waals surface area contributed by atoms with Crippen LogP contribution in [0.2, 0.25) is 0 Å². The first-order chi connectivity index (χ1) is 9.24. The third-order valence-corrected chi connectivity index (χ3v) is 4.05. The Hall–Kier alpha value is -1.11. The second-order valence-corrected chi connectivity index (χ2v) is 7.35. The molecule has 1 rings (SSSR count). The number of benzene rings is 1. The summed E-state index contributed by atoms with van der Waals surface area (Å²) < 4.78 is 22.7. The molecule has 0 bridgehead atoms. The van der Waals surface area contributed by atoms with Crippen LogP contribution >= 0.6 is 12.4 Å². The summed E-state index contributed by atoms with van der Waals surface area (Å²) in [5.74, 6) is 0.206. The molecular formula is C14H23ClN2O3S. The van der Waals surface area contributed by atoms with Crippen molar-refractivity contribution in [1.82, 2.24) is 5.32 Å². The van der Waals surface area contributed by atoms with Crippen LogP contribution in [0.5, 0.6) is 0 Å². The highest BCUT2D eigenvalue weighted by Crippen LogP contribution is 2.11. The van der Waals surface area contributed by atoms with Gasteiger partial charge in [-0.25, -0.2) is 8.42 Å². The molecule has 1 atom stereocenters. The quantitative estimate of drug-likeness (QED) is 0.827. The summed E-state index contributed by atoms with van der Waals surface area (Å²) in [6, 6.07) is 5.81. The molecule has 5 nitrogen and oxygen atoms in total. The summed E-state index contributed by atoms with van der Waals surface area (Å²) >= 11 is 0. The van der Waals surface area contributed by atoms with Gasteiger partial charge in [0.1, 0.15) is 0 Å². The Morgan fingerprint density at radius 3 is 2.14 bits per heavy atom. The summed E-state index contributed by atoms with van der Waals surface area (Å²) in [6.45, 7) is 4.51. The number of halogens is 1. The highest BCUT2D eigenvalue weighted by atomic mass is 35.5. The monoisotopic (exact) mass is 334 g/mol. The lowest BCUT2D eigenvalue weighted by molar-refractivity contribution is 0.0933. The normalized spacial score (nSPS) is 12.6. The molecule has 0 aliphatic carbocycles. The van der Waals surface area contributed by atoms with Crippen LogP contribution in [0.3, 0.4) is 0 Å². The summed E-state index contributed by atoms with van der Waals surface area (Å²) in [6.07, 6.45) is 1.94. The van der Waals surface area contributed by atoms with Crippen LogP contribution in [-0.4, -0.2) is 33.2 Å². The van der Waals surface area contributed by atoms with Crippen molar-refractivity contribution in [3.8, 4) is 0 Å². The van der Waals surface area contributed by atoms with Crippen LogP contribution in [0.4, 0.5) is 0 Å². The highest BCUT2D eigenvalue weighted by molar-refractivity contribution is 7.90. The predicted molar refractivity (Wildman–Crippen MR) is 86.6 cm³/mol. The van der Waals surface area contributed by atoms with E-state index < -0.39 is 9.84 Å². The summed E-state index contributed by atoms with van der Waals surface area (Å²) in [7, 11) is -3.24. The van der Waals surface area contributed by atoms with Gasteiger partial charge in [0.15, 0.2) is 9.84 Å². The van der Waals surface area contributed by atoms with Gasteiger partial charge in [-0.3, -0.25) is 4.79 Å². The average molecular weight is 335 g/mol. The van der Waals surface area contributed by atoms with Crippen molar-refractivity contribution in [2.45, 2.75) is 31.2 Å². The number of hydrogen-bond donors (Lipinski definition) is 2. The fourth-order valence-electron chi connectivity index (χ4n) is 1.91. The van der Waals surface area contributed by atoms with Gasteiger partial charge in [-0.2, -0.15) is 0 Å². The van der Waals surface area contributed by atoms with E-state index >= 15 is 0 Å². The Morgan fingerprint density at radius 2 is 1.76 bits per heavy atom. The first-order valence-corrected chi connectivity index (χ1v) is 8.44. The summed E-state index contributed by atoms with van der Waals surface area (Å²) in [5, 5.41) is 2.86. The molecule has 0 radical (unpaired) electrons. The molecule has 0 heterocycles. The zero-order valence-electron chi connectivity index (χ0n) is 12.5. The number of nitrogens with two attached hydrogens (primary N) is 1. The number of carbonyl (C=O) groups excluding carboxylic acids is 1. The molecule has 7 heteroatoms. The van der Waals surface area contributed by atoms with E-state index in [2.05, 4.69) is 19.2 Å². The zero-order chi connectivity index (χ0) is 15.3. The van der Waals surface area contributed by atoms with Gasteiger partial charge in [-0.05, 0) is 36.6 Å². The first-order valence-electron chi connectivity index (χ1n) is 6.55. The van der Waals surface area contributed by atoms with Gasteiger partial charge in [-0.15, -0.1) is 12.4 Å². The maximum atomic E-state index is 12.0. The van der Waals surface area contributed by atoms with Gasteiger partial charge in [0.05, 0.1) is 4.90 Å². The molecule has 3 N–H and O–H groups in total. The van der Waals surface area contributed by atoms with Crippen molar-refractivity contribution in [1.29, 1.82) is 0 Å².